The molecule has 0 spiro atoms. The Morgan fingerprint density at radius 1 is 0.973 bits per heavy atom. The molecule has 0 aliphatic heterocycles. The summed E-state index contributed by atoms with van der Waals surface area (Å²) in [5.41, 5.74) is 0.906. The number of halogens is 2. The van der Waals surface area contributed by atoms with Crippen LogP contribution < -0.4 is 5.32 Å². The molecule has 0 aliphatic rings. The molecular formula is C28H41Cl2N3O3S. The number of amides is 2. The second-order valence-electron chi connectivity index (χ2n) is 9.53. The van der Waals surface area contributed by atoms with Gasteiger partial charge in [-0.2, -0.15) is 0 Å². The Labute approximate surface area is 236 Å². The van der Waals surface area contributed by atoms with Crippen molar-refractivity contribution in [2.75, 3.05) is 0 Å². The van der Waals surface area contributed by atoms with E-state index >= 15 is 0 Å². The van der Waals surface area contributed by atoms with E-state index in [-0.39, 0.29) is 18.4 Å². The number of carbonyl (C=O) groups is 2. The van der Waals surface area contributed by atoms with Gasteiger partial charge in [-0.15, -0.1) is 0 Å². The molecular weight excluding hydrogens is 529 g/mol. The number of hydrogen-bond donors (Lipinski definition) is 1. The van der Waals surface area contributed by atoms with Crippen molar-refractivity contribution in [3.8, 4) is 0 Å². The predicted molar refractivity (Wildman–Crippen MR) is 153 cm³/mol. The SMILES string of the molecule is CCCCCCCCCCCC(=O)NC(=O)OCc1nc(C(C)C)c(Sc2cc(Cl)cc(Cl)c2)n1CC. The number of nitrogens with one attached hydrogen (secondary N) is 1. The van der Waals surface area contributed by atoms with Gasteiger partial charge in [0.2, 0.25) is 5.91 Å². The number of hydrogen-bond acceptors (Lipinski definition) is 5. The summed E-state index contributed by atoms with van der Waals surface area (Å²) in [4.78, 5) is 30.1. The quantitative estimate of drug-likeness (QED) is 0.204. The number of carbonyl (C=O) groups excluding carboxylic acids is 2. The van der Waals surface area contributed by atoms with Gasteiger partial charge in [0.05, 0.1) is 5.69 Å². The summed E-state index contributed by atoms with van der Waals surface area (Å²) in [6.07, 6.45) is 10.1. The molecule has 9 heteroatoms. The zero-order chi connectivity index (χ0) is 27.2. The van der Waals surface area contributed by atoms with Crippen LogP contribution in [0.5, 0.6) is 0 Å². The Hall–Kier alpha value is -1.70. The summed E-state index contributed by atoms with van der Waals surface area (Å²) in [6.45, 7) is 8.99. The molecule has 1 N–H and O–H groups in total. The van der Waals surface area contributed by atoms with E-state index in [1.807, 2.05) is 23.6 Å². The largest absolute Gasteiger partial charge is 0.441 e. The van der Waals surface area contributed by atoms with Crippen LogP contribution in [0.4, 0.5) is 4.79 Å². The lowest BCUT2D eigenvalue weighted by atomic mass is 10.1. The minimum absolute atomic E-state index is 0.0262. The van der Waals surface area contributed by atoms with Crippen molar-refractivity contribution < 1.29 is 14.3 Å². The van der Waals surface area contributed by atoms with Gasteiger partial charge >= 0.3 is 6.09 Å². The topological polar surface area (TPSA) is 73.2 Å². The number of ether oxygens (including phenoxy) is 1. The highest BCUT2D eigenvalue weighted by Gasteiger charge is 2.21. The average Bonchev–Trinajstić information content (AvgIpc) is 3.18. The number of benzene rings is 1. The van der Waals surface area contributed by atoms with Crippen LogP contribution in [0.1, 0.15) is 109 Å². The monoisotopic (exact) mass is 569 g/mol. The molecule has 2 rings (SSSR count). The Morgan fingerprint density at radius 2 is 1.57 bits per heavy atom. The van der Waals surface area contributed by atoms with E-state index in [2.05, 4.69) is 26.1 Å². The Kier molecular flexibility index (Phi) is 14.5. The maximum atomic E-state index is 12.3. The first-order valence-corrected chi connectivity index (χ1v) is 15.0. The van der Waals surface area contributed by atoms with Crippen molar-refractivity contribution in [1.29, 1.82) is 0 Å². The maximum absolute atomic E-state index is 12.3. The van der Waals surface area contributed by atoms with E-state index in [1.165, 1.54) is 50.3 Å². The first-order valence-electron chi connectivity index (χ1n) is 13.4. The highest BCUT2D eigenvalue weighted by atomic mass is 35.5. The Morgan fingerprint density at radius 3 is 2.14 bits per heavy atom. The number of nitrogens with zero attached hydrogens (tertiary/aromatic N) is 2. The van der Waals surface area contributed by atoms with Crippen LogP contribution >= 0.6 is 35.0 Å². The molecule has 1 aromatic carbocycles. The number of unbranched alkanes of at least 4 members (excludes halogenated alkanes) is 8. The summed E-state index contributed by atoms with van der Waals surface area (Å²) in [7, 11) is 0. The summed E-state index contributed by atoms with van der Waals surface area (Å²) in [5, 5.41) is 4.42. The van der Waals surface area contributed by atoms with Crippen molar-refractivity contribution in [2.45, 2.75) is 121 Å². The zero-order valence-electron chi connectivity index (χ0n) is 22.6. The van der Waals surface area contributed by atoms with Crippen molar-refractivity contribution in [3.63, 3.8) is 0 Å². The smallest absolute Gasteiger partial charge is 0.414 e. The molecule has 0 aliphatic carbocycles. The lowest BCUT2D eigenvalue weighted by Crippen LogP contribution is -2.31. The summed E-state index contributed by atoms with van der Waals surface area (Å²) in [5.74, 6) is 0.488. The summed E-state index contributed by atoms with van der Waals surface area (Å²) >= 11 is 13.9. The van der Waals surface area contributed by atoms with Crippen LogP contribution in [0.25, 0.3) is 0 Å². The van der Waals surface area contributed by atoms with Crippen LogP contribution in [0, 0.1) is 0 Å². The van der Waals surface area contributed by atoms with Crippen LogP contribution in [-0.2, 0) is 22.7 Å². The number of aromatic nitrogens is 2. The van der Waals surface area contributed by atoms with Crippen LogP contribution in [0.15, 0.2) is 28.1 Å². The van der Waals surface area contributed by atoms with Gasteiger partial charge < -0.3 is 9.30 Å². The highest BCUT2D eigenvalue weighted by molar-refractivity contribution is 7.99. The van der Waals surface area contributed by atoms with Gasteiger partial charge in [-0.25, -0.2) is 9.78 Å². The first kappa shape index (κ1) is 31.5. The maximum Gasteiger partial charge on any atom is 0.414 e. The number of alkyl carbamates (subject to hydrolysis) is 1. The molecule has 0 atom stereocenters. The minimum atomic E-state index is -0.742. The number of rotatable bonds is 16. The third-order valence-electron chi connectivity index (χ3n) is 6.02. The van der Waals surface area contributed by atoms with Gasteiger partial charge in [-0.3, -0.25) is 10.1 Å². The van der Waals surface area contributed by atoms with Crippen LogP contribution in [-0.4, -0.2) is 21.6 Å². The van der Waals surface area contributed by atoms with Crippen molar-refractivity contribution in [3.05, 3.63) is 39.8 Å². The molecule has 206 valence electrons. The number of imide groups is 1. The van der Waals surface area contributed by atoms with E-state index in [9.17, 15) is 9.59 Å². The molecule has 1 aromatic heterocycles. The molecule has 6 nitrogen and oxygen atoms in total. The molecule has 2 amide bonds. The van der Waals surface area contributed by atoms with Gasteiger partial charge in [0.15, 0.2) is 6.61 Å². The number of imidazole rings is 1. The van der Waals surface area contributed by atoms with Gasteiger partial charge in [0.1, 0.15) is 10.9 Å². The van der Waals surface area contributed by atoms with Crippen molar-refractivity contribution in [2.24, 2.45) is 0 Å². The van der Waals surface area contributed by atoms with E-state index < -0.39 is 6.09 Å². The Balaban J connectivity index is 1.85. The lowest BCUT2D eigenvalue weighted by molar-refractivity contribution is -0.120. The molecule has 1 heterocycles. The van der Waals surface area contributed by atoms with Crippen LogP contribution in [0.2, 0.25) is 10.0 Å². The molecule has 0 unspecified atom stereocenters. The third kappa shape index (κ3) is 11.3. The van der Waals surface area contributed by atoms with E-state index in [1.54, 1.807) is 6.07 Å². The predicted octanol–water partition coefficient (Wildman–Crippen LogP) is 9.16. The Bertz CT molecular complexity index is 991. The van der Waals surface area contributed by atoms with E-state index in [4.69, 9.17) is 32.9 Å². The molecule has 0 saturated heterocycles. The average molecular weight is 571 g/mol. The third-order valence-corrected chi connectivity index (χ3v) is 7.55. The summed E-state index contributed by atoms with van der Waals surface area (Å²) < 4.78 is 7.38. The lowest BCUT2D eigenvalue weighted by Gasteiger charge is -2.12. The first-order chi connectivity index (χ1) is 17.7. The molecule has 37 heavy (non-hydrogen) atoms. The van der Waals surface area contributed by atoms with Crippen molar-refractivity contribution in [1.82, 2.24) is 14.9 Å². The second-order valence-corrected chi connectivity index (χ2v) is 11.5. The molecule has 0 saturated carbocycles. The van der Waals surface area contributed by atoms with E-state index in [0.29, 0.717) is 28.8 Å². The van der Waals surface area contributed by atoms with Crippen LogP contribution in [0.3, 0.4) is 0 Å². The van der Waals surface area contributed by atoms with Gasteiger partial charge in [0, 0.05) is 27.9 Å². The zero-order valence-corrected chi connectivity index (χ0v) is 24.9. The van der Waals surface area contributed by atoms with Gasteiger partial charge in [-0.1, -0.05) is 107 Å². The molecule has 0 fully saturated rings. The second kappa shape index (κ2) is 17.0. The highest BCUT2D eigenvalue weighted by Crippen LogP contribution is 2.37. The van der Waals surface area contributed by atoms with Gasteiger partial charge in [0.25, 0.3) is 0 Å². The fourth-order valence-electron chi connectivity index (χ4n) is 4.06. The normalized spacial score (nSPS) is 11.2. The standard InChI is InChI=1S/C28H41Cl2N3O3S/c1-5-7-8-9-10-11-12-13-14-15-25(34)32-28(35)36-19-24-31-26(20(3)4)27(33(24)6-2)37-23-17-21(29)16-22(30)18-23/h16-18,20H,5-15,19H2,1-4H3,(H,32,34,35). The fraction of sp³-hybridized carbons (Fsp3) is 0.607. The molecule has 0 bridgehead atoms. The van der Waals surface area contributed by atoms with E-state index in [0.717, 1.165) is 34.9 Å². The fourth-order valence-corrected chi connectivity index (χ4v) is 6.04. The molecule has 0 radical (unpaired) electrons. The molecule has 2 aromatic rings. The van der Waals surface area contributed by atoms with Gasteiger partial charge in [-0.05, 0) is 37.5 Å². The minimum Gasteiger partial charge on any atom is -0.441 e. The summed E-state index contributed by atoms with van der Waals surface area (Å²) in [6, 6.07) is 5.42. The van der Waals surface area contributed by atoms with Crippen molar-refractivity contribution >= 4 is 47.0 Å².